The SMILES string of the molecule is COC(=O)C(N(Cc1ccccc1N)S(=O)O)C(C)(C)O. The Morgan fingerprint density at radius 2 is 2.05 bits per heavy atom. The van der Waals surface area contributed by atoms with Crippen LogP contribution in [0.4, 0.5) is 5.69 Å². The van der Waals surface area contributed by atoms with Gasteiger partial charge in [-0.15, -0.1) is 0 Å². The van der Waals surface area contributed by atoms with Gasteiger partial charge in [0.25, 0.3) is 0 Å². The second kappa shape index (κ2) is 6.99. The van der Waals surface area contributed by atoms with Crippen molar-refractivity contribution >= 4 is 22.9 Å². The van der Waals surface area contributed by atoms with Crippen molar-refractivity contribution in [3.05, 3.63) is 29.8 Å². The lowest BCUT2D eigenvalue weighted by molar-refractivity contribution is -0.153. The number of esters is 1. The molecule has 0 bridgehead atoms. The number of carbonyl (C=O) groups is 1. The lowest BCUT2D eigenvalue weighted by Crippen LogP contribution is -2.54. The molecule has 0 amide bonds. The van der Waals surface area contributed by atoms with Gasteiger partial charge in [0.1, 0.15) is 0 Å². The summed E-state index contributed by atoms with van der Waals surface area (Å²) in [7, 11) is 1.15. The summed E-state index contributed by atoms with van der Waals surface area (Å²) in [6.07, 6.45) is 0. The van der Waals surface area contributed by atoms with Crippen LogP contribution in [0.25, 0.3) is 0 Å². The number of ether oxygens (including phenoxy) is 1. The molecule has 118 valence electrons. The predicted molar refractivity (Wildman–Crippen MR) is 79.3 cm³/mol. The molecule has 7 nitrogen and oxygen atoms in total. The number of aliphatic hydroxyl groups is 1. The van der Waals surface area contributed by atoms with Crippen molar-refractivity contribution in [2.75, 3.05) is 12.8 Å². The number of methoxy groups -OCH3 is 1. The van der Waals surface area contributed by atoms with E-state index < -0.39 is 28.9 Å². The van der Waals surface area contributed by atoms with Gasteiger partial charge in [0.15, 0.2) is 6.04 Å². The van der Waals surface area contributed by atoms with Crippen molar-refractivity contribution in [2.24, 2.45) is 0 Å². The zero-order chi connectivity index (χ0) is 16.2. The number of rotatable bonds is 6. The summed E-state index contributed by atoms with van der Waals surface area (Å²) in [5.41, 5.74) is 5.22. The van der Waals surface area contributed by atoms with Crippen molar-refractivity contribution in [1.82, 2.24) is 4.31 Å². The van der Waals surface area contributed by atoms with Gasteiger partial charge in [-0.1, -0.05) is 18.2 Å². The topological polar surface area (TPSA) is 113 Å². The maximum atomic E-state index is 11.9. The molecule has 0 saturated heterocycles. The van der Waals surface area contributed by atoms with Crippen LogP contribution < -0.4 is 5.73 Å². The van der Waals surface area contributed by atoms with Gasteiger partial charge in [0.05, 0.1) is 12.7 Å². The minimum Gasteiger partial charge on any atom is -0.468 e. The molecule has 1 aromatic rings. The number of hydrogen-bond donors (Lipinski definition) is 3. The number of benzene rings is 1. The Bertz CT molecular complexity index is 530. The molecule has 0 aliphatic rings. The zero-order valence-corrected chi connectivity index (χ0v) is 13.0. The summed E-state index contributed by atoms with van der Waals surface area (Å²) in [6.45, 7) is 2.64. The fourth-order valence-corrected chi connectivity index (χ4v) is 2.73. The third-order valence-electron chi connectivity index (χ3n) is 2.96. The highest BCUT2D eigenvalue weighted by Gasteiger charge is 2.42. The van der Waals surface area contributed by atoms with Crippen molar-refractivity contribution in [1.29, 1.82) is 0 Å². The van der Waals surface area contributed by atoms with Crippen LogP contribution in [0.3, 0.4) is 0 Å². The molecule has 0 heterocycles. The molecule has 1 aromatic carbocycles. The number of nitrogens with zero attached hydrogens (tertiary/aromatic N) is 1. The van der Waals surface area contributed by atoms with Gasteiger partial charge >= 0.3 is 5.97 Å². The van der Waals surface area contributed by atoms with Crippen molar-refractivity contribution in [3.8, 4) is 0 Å². The summed E-state index contributed by atoms with van der Waals surface area (Å²) >= 11 is -2.49. The van der Waals surface area contributed by atoms with E-state index >= 15 is 0 Å². The first-order valence-electron chi connectivity index (χ1n) is 6.19. The van der Waals surface area contributed by atoms with Crippen LogP contribution in [0, 0.1) is 0 Å². The molecule has 4 N–H and O–H groups in total. The van der Waals surface area contributed by atoms with Crippen LogP contribution in [0.2, 0.25) is 0 Å². The fourth-order valence-electron chi connectivity index (χ4n) is 1.95. The molecular weight excluding hydrogens is 296 g/mol. The number of nitrogen functional groups attached to an aromatic ring is 1. The third kappa shape index (κ3) is 4.50. The number of carbonyl (C=O) groups excluding carboxylic acids is 1. The van der Waals surface area contributed by atoms with Crippen molar-refractivity contribution < 1.29 is 23.4 Å². The van der Waals surface area contributed by atoms with Gasteiger partial charge in [-0.05, 0) is 25.5 Å². The molecule has 0 spiro atoms. The Balaban J connectivity index is 3.18. The standard InChI is InChI=1S/C13H20N2O5S/c1-13(2,17)11(12(16)20-3)15(21(18)19)8-9-6-4-5-7-10(9)14/h4-7,11,17H,8,14H2,1-3H3,(H,18,19). The van der Waals surface area contributed by atoms with E-state index in [4.69, 9.17) is 5.73 Å². The van der Waals surface area contributed by atoms with Crippen LogP contribution in [-0.4, -0.2) is 42.9 Å². The predicted octanol–water partition coefficient (Wildman–Crippen LogP) is 0.520. The first-order valence-corrected chi connectivity index (χ1v) is 7.26. The van der Waals surface area contributed by atoms with E-state index in [-0.39, 0.29) is 6.54 Å². The summed E-state index contributed by atoms with van der Waals surface area (Å²) < 4.78 is 26.6. The van der Waals surface area contributed by atoms with Crippen molar-refractivity contribution in [3.63, 3.8) is 0 Å². The Labute approximate surface area is 126 Å². The molecule has 2 unspecified atom stereocenters. The summed E-state index contributed by atoms with van der Waals surface area (Å²) in [4.78, 5) is 11.9. The number of nitrogens with two attached hydrogens (primary N) is 1. The highest BCUT2D eigenvalue weighted by atomic mass is 32.2. The van der Waals surface area contributed by atoms with E-state index in [2.05, 4.69) is 4.74 Å². The first kappa shape index (κ1) is 17.6. The Morgan fingerprint density at radius 1 is 1.48 bits per heavy atom. The van der Waals surface area contributed by atoms with Gasteiger partial charge in [0, 0.05) is 12.2 Å². The molecule has 0 saturated carbocycles. The second-order valence-corrected chi connectivity index (χ2v) is 6.01. The average Bonchev–Trinajstić information content (AvgIpc) is 2.38. The lowest BCUT2D eigenvalue weighted by Gasteiger charge is -2.34. The van der Waals surface area contributed by atoms with Crippen LogP contribution in [-0.2, 0) is 27.3 Å². The number of para-hydroxylation sites is 1. The molecule has 2 atom stereocenters. The smallest absolute Gasteiger partial charge is 0.327 e. The molecule has 0 aliphatic carbocycles. The van der Waals surface area contributed by atoms with E-state index in [1.54, 1.807) is 24.3 Å². The van der Waals surface area contributed by atoms with Crippen LogP contribution in [0.15, 0.2) is 24.3 Å². The van der Waals surface area contributed by atoms with Crippen molar-refractivity contribution in [2.45, 2.75) is 32.0 Å². The van der Waals surface area contributed by atoms with Crippen LogP contribution in [0.1, 0.15) is 19.4 Å². The first-order chi connectivity index (χ1) is 9.68. The monoisotopic (exact) mass is 316 g/mol. The minimum absolute atomic E-state index is 0.0838. The Kier molecular flexibility index (Phi) is 5.85. The normalized spacial score (nSPS) is 14.8. The maximum absolute atomic E-state index is 11.9. The largest absolute Gasteiger partial charge is 0.468 e. The fraction of sp³-hybridized carbons (Fsp3) is 0.462. The van der Waals surface area contributed by atoms with E-state index in [1.165, 1.54) is 13.8 Å². The summed E-state index contributed by atoms with van der Waals surface area (Å²) in [6, 6.07) is 5.46. The molecular formula is C13H20N2O5S. The van der Waals surface area contributed by atoms with Gasteiger partial charge in [-0.2, -0.15) is 4.31 Å². The highest BCUT2D eigenvalue weighted by molar-refractivity contribution is 7.76. The third-order valence-corrected chi connectivity index (χ3v) is 3.70. The molecule has 0 fully saturated rings. The van der Waals surface area contributed by atoms with Gasteiger partial charge in [-0.3, -0.25) is 9.35 Å². The molecule has 8 heteroatoms. The number of hydrogen-bond acceptors (Lipinski definition) is 5. The average molecular weight is 316 g/mol. The second-order valence-electron chi connectivity index (χ2n) is 5.08. The molecule has 21 heavy (non-hydrogen) atoms. The van der Waals surface area contributed by atoms with Gasteiger partial charge in [0.2, 0.25) is 11.3 Å². The minimum atomic E-state index is -2.49. The molecule has 0 aromatic heterocycles. The van der Waals surface area contributed by atoms with E-state index in [0.717, 1.165) is 11.4 Å². The Hall–Kier alpha value is -1.48. The van der Waals surface area contributed by atoms with E-state index in [9.17, 15) is 18.7 Å². The van der Waals surface area contributed by atoms with E-state index in [1.807, 2.05) is 0 Å². The Morgan fingerprint density at radius 3 is 2.48 bits per heavy atom. The zero-order valence-electron chi connectivity index (χ0n) is 12.1. The maximum Gasteiger partial charge on any atom is 0.327 e. The molecule has 1 rings (SSSR count). The highest BCUT2D eigenvalue weighted by Crippen LogP contribution is 2.23. The summed E-state index contributed by atoms with van der Waals surface area (Å²) in [5, 5.41) is 10.1. The summed E-state index contributed by atoms with van der Waals surface area (Å²) in [5.74, 6) is -0.806. The lowest BCUT2D eigenvalue weighted by atomic mass is 9.98. The molecule has 0 aliphatic heterocycles. The van der Waals surface area contributed by atoms with Gasteiger partial charge < -0.3 is 15.6 Å². The van der Waals surface area contributed by atoms with Crippen LogP contribution in [0.5, 0.6) is 0 Å². The van der Waals surface area contributed by atoms with Gasteiger partial charge in [-0.25, -0.2) is 4.21 Å². The van der Waals surface area contributed by atoms with E-state index in [0.29, 0.717) is 11.3 Å². The number of anilines is 1. The quantitative estimate of drug-likeness (QED) is 0.400. The molecule has 0 radical (unpaired) electrons. The van der Waals surface area contributed by atoms with Crippen LogP contribution >= 0.6 is 0 Å².